The minimum atomic E-state index is -0.396. The molecule has 6 heteroatoms. The molecule has 1 aliphatic carbocycles. The molecule has 0 bridgehead atoms. The third-order valence-corrected chi connectivity index (χ3v) is 3.25. The Labute approximate surface area is 143 Å². The molecule has 23 heavy (non-hydrogen) atoms. The van der Waals surface area contributed by atoms with Crippen LogP contribution in [-0.4, -0.2) is 29.8 Å². The number of hydrogen-bond acceptors (Lipinski definition) is 3. The first kappa shape index (κ1) is 19.0. The highest BCUT2D eigenvalue weighted by molar-refractivity contribution is 5.98. The van der Waals surface area contributed by atoms with E-state index < -0.39 is 6.10 Å². The zero-order valence-corrected chi connectivity index (χ0v) is 14.4. The molecular weight excluding hydrogens is 314 g/mol. The van der Waals surface area contributed by atoms with Gasteiger partial charge in [0.25, 0.3) is 0 Å². The Kier molecular flexibility index (Phi) is 7.55. The summed E-state index contributed by atoms with van der Waals surface area (Å²) in [6.07, 6.45) is 3.16. The summed E-state index contributed by atoms with van der Waals surface area (Å²) in [6.45, 7) is 6.91. The summed E-state index contributed by atoms with van der Waals surface area (Å²) in [5.41, 5.74) is 12.5. The molecule has 1 aliphatic rings. The van der Waals surface area contributed by atoms with Crippen LogP contribution in [0.1, 0.15) is 19.4 Å². The molecule has 124 valence electrons. The van der Waals surface area contributed by atoms with E-state index in [1.165, 1.54) is 5.56 Å². The van der Waals surface area contributed by atoms with E-state index in [-0.39, 0.29) is 12.4 Å². The molecule has 0 saturated carbocycles. The lowest BCUT2D eigenvalue weighted by molar-refractivity contribution is -0.0222. The number of anilines is 1. The molecule has 0 spiro atoms. The quantitative estimate of drug-likeness (QED) is 0.636. The van der Waals surface area contributed by atoms with Crippen molar-refractivity contribution in [3.05, 3.63) is 59.0 Å². The van der Waals surface area contributed by atoms with Gasteiger partial charge < -0.3 is 20.3 Å². The van der Waals surface area contributed by atoms with Gasteiger partial charge in [-0.25, -0.2) is 0 Å². The molecule has 0 aliphatic heterocycles. The first-order valence-corrected chi connectivity index (χ1v) is 7.41. The molecule has 1 aromatic carbocycles. The predicted octanol–water partition coefficient (Wildman–Crippen LogP) is 3.72. The average Bonchev–Trinajstić information content (AvgIpc) is 2.52. The van der Waals surface area contributed by atoms with Gasteiger partial charge >= 0.3 is 5.71 Å². The Bertz CT molecular complexity index is 632. The molecule has 0 radical (unpaired) electrons. The van der Waals surface area contributed by atoms with Crippen molar-refractivity contribution < 1.29 is 14.3 Å². The third kappa shape index (κ3) is 4.96. The van der Waals surface area contributed by atoms with E-state index in [0.29, 0.717) is 24.7 Å². The molecule has 0 amide bonds. The second-order valence-electron chi connectivity index (χ2n) is 4.91. The van der Waals surface area contributed by atoms with Crippen molar-refractivity contribution in [1.29, 1.82) is 0 Å². The first-order chi connectivity index (χ1) is 10.7. The largest absolute Gasteiger partial charge is 0.491 e. The van der Waals surface area contributed by atoms with Gasteiger partial charge in [0.1, 0.15) is 5.76 Å². The van der Waals surface area contributed by atoms with Crippen LogP contribution < -0.4 is 5.32 Å². The normalized spacial score (nSPS) is 16.7. The summed E-state index contributed by atoms with van der Waals surface area (Å²) in [4.78, 5) is 3.30. The van der Waals surface area contributed by atoms with Crippen LogP contribution in [0, 0.1) is 6.92 Å². The van der Waals surface area contributed by atoms with E-state index in [4.69, 9.17) is 15.0 Å². The van der Waals surface area contributed by atoms with Gasteiger partial charge in [-0.15, -0.1) is 12.4 Å². The Hall–Kier alpha value is -2.07. The highest BCUT2D eigenvalue weighted by Crippen LogP contribution is 2.22. The SMILES string of the molecule is CCOC1=CC(=[N+]=[N-])C(OCC)C=C1Nc1ccc(C)cc1.Cl. The monoisotopic (exact) mass is 335 g/mol. The summed E-state index contributed by atoms with van der Waals surface area (Å²) < 4.78 is 11.2. The Morgan fingerprint density at radius 2 is 1.87 bits per heavy atom. The molecule has 0 heterocycles. The van der Waals surface area contributed by atoms with E-state index in [2.05, 4.69) is 10.1 Å². The van der Waals surface area contributed by atoms with Crippen LogP contribution in [0.25, 0.3) is 5.53 Å². The second kappa shape index (κ2) is 9.16. The molecule has 0 aromatic heterocycles. The minimum Gasteiger partial charge on any atom is -0.491 e. The molecular formula is C17H22ClN3O2. The Balaban J connectivity index is 0.00000264. The van der Waals surface area contributed by atoms with Crippen LogP contribution in [0.3, 0.4) is 0 Å². The highest BCUT2D eigenvalue weighted by atomic mass is 35.5. The number of aryl methyl sites for hydroxylation is 1. The van der Waals surface area contributed by atoms with E-state index in [1.807, 2.05) is 51.1 Å². The smallest absolute Gasteiger partial charge is 0.328 e. The summed E-state index contributed by atoms with van der Waals surface area (Å²) in [5, 5.41) is 3.33. The lowest BCUT2D eigenvalue weighted by Gasteiger charge is -2.20. The van der Waals surface area contributed by atoms with Gasteiger partial charge in [-0.1, -0.05) is 17.7 Å². The van der Waals surface area contributed by atoms with Crippen molar-refractivity contribution in [2.45, 2.75) is 26.9 Å². The van der Waals surface area contributed by atoms with Gasteiger partial charge in [-0.05, 0) is 39.0 Å². The van der Waals surface area contributed by atoms with Crippen LogP contribution in [0.2, 0.25) is 0 Å². The number of nitrogens with one attached hydrogen (secondary N) is 1. The van der Waals surface area contributed by atoms with Crippen LogP contribution in [0.15, 0.2) is 47.9 Å². The number of hydrogen-bond donors (Lipinski definition) is 1. The summed E-state index contributed by atoms with van der Waals surface area (Å²) in [5.74, 6) is 0.631. The van der Waals surface area contributed by atoms with Crippen LogP contribution >= 0.6 is 12.4 Å². The molecule has 5 nitrogen and oxygen atoms in total. The van der Waals surface area contributed by atoms with Gasteiger partial charge in [-0.2, -0.15) is 4.79 Å². The van der Waals surface area contributed by atoms with Gasteiger partial charge in [0.05, 0.1) is 18.4 Å². The molecule has 0 fully saturated rings. The molecule has 0 saturated heterocycles. The standard InChI is InChI=1S/C17H21N3O2.ClH/c1-4-21-16-11-15(20-18)17(22-5-2)10-14(16)19-13-8-6-12(3)7-9-13;/h6-11,17,19H,4-5H2,1-3H3;1H. The highest BCUT2D eigenvalue weighted by Gasteiger charge is 2.28. The molecule has 1 N–H and O–H groups in total. The van der Waals surface area contributed by atoms with Crippen molar-refractivity contribution in [2.24, 2.45) is 0 Å². The zero-order valence-electron chi connectivity index (χ0n) is 13.6. The fraction of sp³-hybridized carbons (Fsp3) is 0.353. The van der Waals surface area contributed by atoms with E-state index in [0.717, 1.165) is 11.4 Å². The Morgan fingerprint density at radius 1 is 1.17 bits per heavy atom. The van der Waals surface area contributed by atoms with Crippen molar-refractivity contribution in [2.75, 3.05) is 18.5 Å². The Morgan fingerprint density at radius 3 is 2.43 bits per heavy atom. The van der Waals surface area contributed by atoms with Crippen LogP contribution in [0.4, 0.5) is 5.69 Å². The van der Waals surface area contributed by atoms with Crippen molar-refractivity contribution in [1.82, 2.24) is 0 Å². The number of rotatable bonds is 6. The van der Waals surface area contributed by atoms with E-state index in [1.54, 1.807) is 6.08 Å². The summed E-state index contributed by atoms with van der Waals surface area (Å²) in [7, 11) is 0. The fourth-order valence-corrected chi connectivity index (χ4v) is 2.18. The van der Waals surface area contributed by atoms with Gasteiger partial charge in [0.2, 0.25) is 0 Å². The average molecular weight is 336 g/mol. The molecule has 2 rings (SSSR count). The maximum atomic E-state index is 9.14. The number of nitrogens with zero attached hydrogens (tertiary/aromatic N) is 2. The summed E-state index contributed by atoms with van der Waals surface area (Å²) >= 11 is 0. The molecule has 1 atom stereocenters. The second-order valence-corrected chi connectivity index (χ2v) is 4.91. The van der Waals surface area contributed by atoms with Gasteiger partial charge in [0.15, 0.2) is 6.10 Å². The number of halogens is 1. The van der Waals surface area contributed by atoms with Crippen molar-refractivity contribution >= 4 is 23.8 Å². The lowest BCUT2D eigenvalue weighted by atomic mass is 10.0. The minimum absolute atomic E-state index is 0. The number of ether oxygens (including phenoxy) is 2. The van der Waals surface area contributed by atoms with E-state index in [9.17, 15) is 0 Å². The topological polar surface area (TPSA) is 66.9 Å². The zero-order chi connectivity index (χ0) is 15.9. The van der Waals surface area contributed by atoms with Crippen LogP contribution in [0.5, 0.6) is 0 Å². The maximum Gasteiger partial charge on any atom is 0.328 e. The van der Waals surface area contributed by atoms with Gasteiger partial charge in [0, 0.05) is 12.3 Å². The predicted molar refractivity (Wildman–Crippen MR) is 93.9 cm³/mol. The van der Waals surface area contributed by atoms with Gasteiger partial charge in [-0.3, -0.25) is 0 Å². The molecule has 1 aromatic rings. The first-order valence-electron chi connectivity index (χ1n) is 7.41. The van der Waals surface area contributed by atoms with Crippen molar-refractivity contribution in [3.63, 3.8) is 0 Å². The van der Waals surface area contributed by atoms with Crippen LogP contribution in [-0.2, 0) is 9.47 Å². The van der Waals surface area contributed by atoms with E-state index >= 15 is 0 Å². The van der Waals surface area contributed by atoms with Crippen molar-refractivity contribution in [3.8, 4) is 0 Å². The lowest BCUT2D eigenvalue weighted by Crippen LogP contribution is -2.28. The fourth-order valence-electron chi connectivity index (χ4n) is 2.18. The maximum absolute atomic E-state index is 9.14. The summed E-state index contributed by atoms with van der Waals surface area (Å²) in [6, 6.07) is 8.09. The third-order valence-electron chi connectivity index (χ3n) is 3.25. The number of benzene rings is 1. The molecule has 1 unspecified atom stereocenters.